The zero-order valence-corrected chi connectivity index (χ0v) is 19.0. The van der Waals surface area contributed by atoms with Crippen molar-refractivity contribution in [1.82, 2.24) is 9.97 Å². The number of methoxy groups -OCH3 is 2. The minimum atomic E-state index is 0.183. The zero-order valence-electron chi connectivity index (χ0n) is 19.0. The van der Waals surface area contributed by atoms with Gasteiger partial charge in [0.2, 0.25) is 0 Å². The molecule has 0 spiro atoms. The molecule has 4 aromatic rings. The van der Waals surface area contributed by atoms with Gasteiger partial charge in [0.1, 0.15) is 29.8 Å². The first-order chi connectivity index (χ1) is 16.2. The van der Waals surface area contributed by atoms with Crippen LogP contribution in [0.1, 0.15) is 26.2 Å². The molecule has 0 radical (unpaired) electrons. The summed E-state index contributed by atoms with van der Waals surface area (Å²) in [4.78, 5) is 8.96. The first-order valence-corrected chi connectivity index (χ1v) is 11.1. The van der Waals surface area contributed by atoms with Gasteiger partial charge >= 0.3 is 0 Å². The summed E-state index contributed by atoms with van der Waals surface area (Å²) in [7, 11) is 3.29. The van der Waals surface area contributed by atoms with E-state index in [0.29, 0.717) is 29.0 Å². The van der Waals surface area contributed by atoms with Crippen LogP contribution in [0.2, 0.25) is 0 Å². The van der Waals surface area contributed by atoms with E-state index in [1.807, 2.05) is 42.5 Å². The van der Waals surface area contributed by atoms with Crippen molar-refractivity contribution in [3.05, 3.63) is 55.1 Å². The third-order valence-electron chi connectivity index (χ3n) is 6.24. The summed E-state index contributed by atoms with van der Waals surface area (Å²) in [6, 6.07) is 13.5. The predicted molar refractivity (Wildman–Crippen MR) is 127 cm³/mol. The third kappa shape index (κ3) is 4.18. The summed E-state index contributed by atoms with van der Waals surface area (Å²) < 4.78 is 23.1. The average molecular weight is 446 g/mol. The molecule has 5 rings (SSSR count). The fourth-order valence-electron chi connectivity index (χ4n) is 4.39. The van der Waals surface area contributed by atoms with Gasteiger partial charge in [0.15, 0.2) is 11.5 Å². The van der Waals surface area contributed by atoms with Crippen LogP contribution in [0.25, 0.3) is 22.2 Å². The molecular weight excluding hydrogens is 418 g/mol. The van der Waals surface area contributed by atoms with Crippen molar-refractivity contribution in [2.45, 2.75) is 32.3 Å². The fourth-order valence-corrected chi connectivity index (χ4v) is 4.39. The molecule has 1 aliphatic rings. The number of benzene rings is 2. The van der Waals surface area contributed by atoms with Gasteiger partial charge in [-0.1, -0.05) is 6.92 Å². The van der Waals surface area contributed by atoms with E-state index < -0.39 is 0 Å². The molecule has 0 aliphatic heterocycles. The Hall–Kier alpha value is -3.74. The molecule has 7 nitrogen and oxygen atoms in total. The van der Waals surface area contributed by atoms with E-state index in [9.17, 15) is 0 Å². The van der Waals surface area contributed by atoms with Crippen LogP contribution in [0, 0.1) is 5.92 Å². The van der Waals surface area contributed by atoms with E-state index in [2.05, 4.69) is 22.2 Å². The molecule has 1 aliphatic carbocycles. The zero-order chi connectivity index (χ0) is 22.8. The van der Waals surface area contributed by atoms with Crippen molar-refractivity contribution in [1.29, 1.82) is 0 Å². The number of hydrogen-bond acceptors (Lipinski definition) is 7. The number of rotatable bonds is 7. The summed E-state index contributed by atoms with van der Waals surface area (Å²) in [5.74, 6) is 4.02. The SMILES string of the molecule is COc1ccc(-c2ccco2)cc1Nc1ncnc2cc(OC)c(OC3CCCC3C)cc12. The Kier molecular flexibility index (Phi) is 5.77. The standard InChI is InChI=1S/C26H27N3O4/c1-16-6-4-7-21(16)33-25-13-18-19(14-24(25)31-3)27-15-28-26(18)29-20-12-17(9-10-23(20)30-2)22-8-5-11-32-22/h5,8-16,21H,4,6-7H2,1-3H3,(H,27,28,29). The topological polar surface area (TPSA) is 78.6 Å². The van der Waals surface area contributed by atoms with Gasteiger partial charge in [0, 0.05) is 17.0 Å². The second kappa shape index (κ2) is 9.02. The predicted octanol–water partition coefficient (Wildman–Crippen LogP) is 6.22. The molecule has 0 amide bonds. The van der Waals surface area contributed by atoms with Crippen LogP contribution >= 0.6 is 0 Å². The first kappa shape index (κ1) is 21.1. The smallest absolute Gasteiger partial charge is 0.162 e. The maximum absolute atomic E-state index is 6.39. The first-order valence-electron chi connectivity index (χ1n) is 11.1. The summed E-state index contributed by atoms with van der Waals surface area (Å²) in [6.45, 7) is 2.24. The van der Waals surface area contributed by atoms with Crippen molar-refractivity contribution >= 4 is 22.4 Å². The van der Waals surface area contributed by atoms with Crippen LogP contribution < -0.4 is 19.5 Å². The molecule has 1 saturated carbocycles. The number of ether oxygens (including phenoxy) is 3. The molecule has 0 bridgehead atoms. The van der Waals surface area contributed by atoms with Gasteiger partial charge in [0.05, 0.1) is 31.7 Å². The third-order valence-corrected chi connectivity index (χ3v) is 6.24. The molecule has 0 saturated heterocycles. The lowest BCUT2D eigenvalue weighted by atomic mass is 10.1. The van der Waals surface area contributed by atoms with Crippen LogP contribution in [0.3, 0.4) is 0 Å². The maximum Gasteiger partial charge on any atom is 0.162 e. The van der Waals surface area contributed by atoms with Gasteiger partial charge in [-0.15, -0.1) is 0 Å². The number of furan rings is 1. The van der Waals surface area contributed by atoms with Crippen molar-refractivity contribution in [2.75, 3.05) is 19.5 Å². The Morgan fingerprint density at radius 2 is 1.85 bits per heavy atom. The Bertz CT molecular complexity index is 1260. The van der Waals surface area contributed by atoms with Gasteiger partial charge in [-0.05, 0) is 61.6 Å². The van der Waals surface area contributed by atoms with Gasteiger partial charge in [-0.3, -0.25) is 0 Å². The van der Waals surface area contributed by atoms with Crippen molar-refractivity contribution in [3.63, 3.8) is 0 Å². The highest BCUT2D eigenvalue weighted by atomic mass is 16.5. The van der Waals surface area contributed by atoms with E-state index in [4.69, 9.17) is 18.6 Å². The number of nitrogens with zero attached hydrogens (tertiary/aromatic N) is 2. The van der Waals surface area contributed by atoms with Crippen LogP contribution in [0.15, 0.2) is 59.5 Å². The summed E-state index contributed by atoms with van der Waals surface area (Å²) in [5, 5.41) is 4.26. The molecule has 1 N–H and O–H groups in total. The second-order valence-corrected chi connectivity index (χ2v) is 8.32. The minimum absolute atomic E-state index is 0.183. The number of hydrogen-bond donors (Lipinski definition) is 1. The van der Waals surface area contributed by atoms with E-state index in [-0.39, 0.29) is 6.10 Å². The molecule has 2 unspecified atom stereocenters. The largest absolute Gasteiger partial charge is 0.495 e. The highest BCUT2D eigenvalue weighted by Crippen LogP contribution is 2.39. The summed E-state index contributed by atoms with van der Waals surface area (Å²) >= 11 is 0. The van der Waals surface area contributed by atoms with E-state index in [1.54, 1.807) is 20.5 Å². The molecular formula is C26H27N3O4. The highest BCUT2D eigenvalue weighted by Gasteiger charge is 2.26. The van der Waals surface area contributed by atoms with E-state index >= 15 is 0 Å². The second-order valence-electron chi connectivity index (χ2n) is 8.32. The Morgan fingerprint density at radius 3 is 2.58 bits per heavy atom. The number of nitrogens with one attached hydrogen (secondary N) is 1. The minimum Gasteiger partial charge on any atom is -0.495 e. The van der Waals surface area contributed by atoms with Crippen molar-refractivity contribution < 1.29 is 18.6 Å². The molecule has 170 valence electrons. The lowest BCUT2D eigenvalue weighted by Gasteiger charge is -2.20. The molecule has 2 aromatic heterocycles. The molecule has 2 heterocycles. The number of fused-ring (bicyclic) bond motifs is 1. The Morgan fingerprint density at radius 1 is 0.970 bits per heavy atom. The normalized spacial score (nSPS) is 17.8. The Balaban J connectivity index is 1.54. The lowest BCUT2D eigenvalue weighted by molar-refractivity contribution is 0.161. The average Bonchev–Trinajstić information content (AvgIpc) is 3.51. The van der Waals surface area contributed by atoms with Gasteiger partial charge < -0.3 is 23.9 Å². The quantitative estimate of drug-likeness (QED) is 0.362. The van der Waals surface area contributed by atoms with E-state index in [1.165, 1.54) is 19.2 Å². The summed E-state index contributed by atoms with van der Waals surface area (Å²) in [5.41, 5.74) is 2.47. The van der Waals surface area contributed by atoms with Crippen LogP contribution in [-0.4, -0.2) is 30.3 Å². The fraction of sp³-hybridized carbons (Fsp3) is 0.308. The molecule has 1 fully saturated rings. The lowest BCUT2D eigenvalue weighted by Crippen LogP contribution is -2.19. The highest BCUT2D eigenvalue weighted by molar-refractivity contribution is 5.93. The van der Waals surface area contributed by atoms with Gasteiger partial charge in [0.25, 0.3) is 0 Å². The van der Waals surface area contributed by atoms with Crippen molar-refractivity contribution in [2.24, 2.45) is 5.92 Å². The number of aromatic nitrogens is 2. The summed E-state index contributed by atoms with van der Waals surface area (Å²) in [6.07, 6.45) is 6.79. The van der Waals surface area contributed by atoms with Gasteiger partial charge in [-0.25, -0.2) is 9.97 Å². The molecule has 2 atom stereocenters. The number of anilines is 2. The van der Waals surface area contributed by atoms with Crippen LogP contribution in [0.5, 0.6) is 17.2 Å². The molecule has 2 aromatic carbocycles. The molecule has 7 heteroatoms. The Labute approximate surface area is 192 Å². The van der Waals surface area contributed by atoms with Crippen LogP contribution in [-0.2, 0) is 0 Å². The van der Waals surface area contributed by atoms with Crippen LogP contribution in [0.4, 0.5) is 11.5 Å². The van der Waals surface area contributed by atoms with Crippen molar-refractivity contribution in [3.8, 4) is 28.6 Å². The maximum atomic E-state index is 6.39. The molecule has 33 heavy (non-hydrogen) atoms. The van der Waals surface area contributed by atoms with E-state index in [0.717, 1.165) is 34.3 Å². The van der Waals surface area contributed by atoms with Gasteiger partial charge in [-0.2, -0.15) is 0 Å². The monoisotopic (exact) mass is 445 g/mol.